The minimum absolute atomic E-state index is 0.292. The van der Waals surface area contributed by atoms with Gasteiger partial charge in [0, 0.05) is 7.11 Å². The summed E-state index contributed by atoms with van der Waals surface area (Å²) in [4.78, 5) is 0. The summed E-state index contributed by atoms with van der Waals surface area (Å²) in [5.74, 6) is 0.472. The molecule has 0 bridgehead atoms. The lowest BCUT2D eigenvalue weighted by atomic mass is 10.1. The Hall–Kier alpha value is -0.0800. The maximum Gasteiger partial charge on any atom is 0.0580 e. The van der Waals surface area contributed by atoms with Crippen molar-refractivity contribution in [2.75, 3.05) is 13.7 Å². The molecule has 0 unspecified atom stereocenters. The maximum absolute atomic E-state index is 5.37. The van der Waals surface area contributed by atoms with E-state index in [9.17, 15) is 0 Å². The first-order valence-corrected chi connectivity index (χ1v) is 2.95. The Labute approximate surface area is 51.0 Å². The van der Waals surface area contributed by atoms with Crippen molar-refractivity contribution in [2.45, 2.75) is 20.0 Å². The Morgan fingerprint density at radius 1 is 1.50 bits per heavy atom. The van der Waals surface area contributed by atoms with Gasteiger partial charge < -0.3 is 10.5 Å². The zero-order valence-corrected chi connectivity index (χ0v) is 5.85. The zero-order chi connectivity index (χ0) is 6.57. The van der Waals surface area contributed by atoms with E-state index >= 15 is 0 Å². The van der Waals surface area contributed by atoms with E-state index in [1.165, 1.54) is 0 Å². The van der Waals surface area contributed by atoms with Gasteiger partial charge in [-0.05, 0) is 19.4 Å². The molecular weight excluding hydrogens is 102 g/mol. The number of hydrogen-bond acceptors (Lipinski definition) is 2. The summed E-state index contributed by atoms with van der Waals surface area (Å²) in [7, 11) is 1.71. The van der Waals surface area contributed by atoms with E-state index in [0.29, 0.717) is 18.6 Å². The molecule has 0 saturated heterocycles. The van der Waals surface area contributed by atoms with E-state index in [1.54, 1.807) is 7.11 Å². The third-order valence-corrected chi connectivity index (χ3v) is 1.54. The molecule has 0 radical (unpaired) electrons. The Bertz CT molecular complexity index is 48.5. The van der Waals surface area contributed by atoms with Crippen LogP contribution in [0.3, 0.4) is 0 Å². The normalized spacial score (nSPS) is 18.0. The first-order valence-electron chi connectivity index (χ1n) is 2.95. The topological polar surface area (TPSA) is 35.2 Å². The van der Waals surface area contributed by atoms with E-state index in [1.807, 2.05) is 6.92 Å². The minimum atomic E-state index is 0.292. The average Bonchev–Trinajstić information content (AvgIpc) is 1.84. The Morgan fingerprint density at radius 2 is 2.00 bits per heavy atom. The SMILES string of the molecule is CO[C@H](C)[C@H](C)CN. The Balaban J connectivity index is 3.29. The van der Waals surface area contributed by atoms with Crippen molar-refractivity contribution in [2.24, 2.45) is 11.7 Å². The highest BCUT2D eigenvalue weighted by Crippen LogP contribution is 2.01. The molecule has 0 amide bonds. The Morgan fingerprint density at radius 3 is 2.12 bits per heavy atom. The predicted molar refractivity (Wildman–Crippen MR) is 34.7 cm³/mol. The third kappa shape index (κ3) is 2.28. The zero-order valence-electron chi connectivity index (χ0n) is 5.85. The van der Waals surface area contributed by atoms with Crippen LogP contribution in [0.25, 0.3) is 0 Å². The van der Waals surface area contributed by atoms with Crippen molar-refractivity contribution < 1.29 is 4.74 Å². The van der Waals surface area contributed by atoms with Gasteiger partial charge in [0.25, 0.3) is 0 Å². The fourth-order valence-electron chi connectivity index (χ4n) is 0.424. The van der Waals surface area contributed by atoms with Gasteiger partial charge in [-0.15, -0.1) is 0 Å². The van der Waals surface area contributed by atoms with Crippen LogP contribution in [0.5, 0.6) is 0 Å². The van der Waals surface area contributed by atoms with E-state index in [0.717, 1.165) is 0 Å². The van der Waals surface area contributed by atoms with Gasteiger partial charge in [0.05, 0.1) is 6.10 Å². The van der Waals surface area contributed by atoms with Crippen molar-refractivity contribution in [1.29, 1.82) is 0 Å². The fraction of sp³-hybridized carbons (Fsp3) is 1.00. The molecule has 8 heavy (non-hydrogen) atoms. The van der Waals surface area contributed by atoms with Gasteiger partial charge >= 0.3 is 0 Å². The summed E-state index contributed by atoms with van der Waals surface area (Å²) in [5.41, 5.74) is 5.37. The maximum atomic E-state index is 5.37. The second kappa shape index (κ2) is 3.87. The molecule has 2 atom stereocenters. The summed E-state index contributed by atoms with van der Waals surface area (Å²) >= 11 is 0. The van der Waals surface area contributed by atoms with Crippen LogP contribution in [0.4, 0.5) is 0 Å². The molecular formula is C6H15NO. The summed E-state index contributed by atoms with van der Waals surface area (Å²) in [6.07, 6.45) is 0.292. The summed E-state index contributed by atoms with van der Waals surface area (Å²) in [5, 5.41) is 0. The molecule has 0 rings (SSSR count). The van der Waals surface area contributed by atoms with Crippen molar-refractivity contribution in [1.82, 2.24) is 0 Å². The second-order valence-electron chi connectivity index (χ2n) is 2.15. The molecule has 0 spiro atoms. The number of rotatable bonds is 3. The first kappa shape index (κ1) is 7.92. The van der Waals surface area contributed by atoms with Crippen molar-refractivity contribution in [3.8, 4) is 0 Å². The molecule has 2 nitrogen and oxygen atoms in total. The van der Waals surface area contributed by atoms with Crippen LogP contribution < -0.4 is 5.73 Å². The van der Waals surface area contributed by atoms with Crippen LogP contribution in [-0.2, 0) is 4.74 Å². The molecule has 0 aromatic carbocycles. The number of nitrogens with two attached hydrogens (primary N) is 1. The lowest BCUT2D eigenvalue weighted by Gasteiger charge is -2.15. The fourth-order valence-corrected chi connectivity index (χ4v) is 0.424. The first-order chi connectivity index (χ1) is 3.72. The molecule has 0 aliphatic heterocycles. The summed E-state index contributed by atoms with van der Waals surface area (Å²) in [6.45, 7) is 4.81. The van der Waals surface area contributed by atoms with Gasteiger partial charge in [-0.3, -0.25) is 0 Å². The van der Waals surface area contributed by atoms with Gasteiger partial charge in [-0.25, -0.2) is 0 Å². The van der Waals surface area contributed by atoms with Crippen LogP contribution in [0, 0.1) is 5.92 Å². The molecule has 0 saturated carbocycles. The van der Waals surface area contributed by atoms with Gasteiger partial charge in [-0.1, -0.05) is 6.92 Å². The highest BCUT2D eigenvalue weighted by atomic mass is 16.5. The van der Waals surface area contributed by atoms with Crippen LogP contribution in [0.15, 0.2) is 0 Å². The molecule has 50 valence electrons. The van der Waals surface area contributed by atoms with Crippen LogP contribution in [0.2, 0.25) is 0 Å². The van der Waals surface area contributed by atoms with Crippen LogP contribution in [0.1, 0.15) is 13.8 Å². The molecule has 0 heterocycles. The van der Waals surface area contributed by atoms with Gasteiger partial charge in [0.1, 0.15) is 0 Å². The summed E-state index contributed by atoms with van der Waals surface area (Å²) < 4.78 is 5.02. The van der Waals surface area contributed by atoms with Crippen molar-refractivity contribution >= 4 is 0 Å². The minimum Gasteiger partial charge on any atom is -0.381 e. The smallest absolute Gasteiger partial charge is 0.0580 e. The highest BCUT2D eigenvalue weighted by Gasteiger charge is 2.06. The second-order valence-corrected chi connectivity index (χ2v) is 2.15. The molecule has 0 aliphatic carbocycles. The van der Waals surface area contributed by atoms with Crippen LogP contribution >= 0.6 is 0 Å². The van der Waals surface area contributed by atoms with E-state index in [4.69, 9.17) is 10.5 Å². The monoisotopic (exact) mass is 117 g/mol. The van der Waals surface area contributed by atoms with Crippen molar-refractivity contribution in [3.05, 3.63) is 0 Å². The number of ether oxygens (including phenoxy) is 1. The number of methoxy groups -OCH3 is 1. The summed E-state index contributed by atoms with van der Waals surface area (Å²) in [6, 6.07) is 0. The van der Waals surface area contributed by atoms with E-state index in [2.05, 4.69) is 6.92 Å². The van der Waals surface area contributed by atoms with E-state index in [-0.39, 0.29) is 0 Å². The lowest BCUT2D eigenvalue weighted by molar-refractivity contribution is 0.0768. The van der Waals surface area contributed by atoms with Gasteiger partial charge in [0.15, 0.2) is 0 Å². The van der Waals surface area contributed by atoms with Gasteiger partial charge in [-0.2, -0.15) is 0 Å². The molecule has 2 heteroatoms. The quantitative estimate of drug-likeness (QED) is 0.588. The van der Waals surface area contributed by atoms with Crippen molar-refractivity contribution in [3.63, 3.8) is 0 Å². The largest absolute Gasteiger partial charge is 0.381 e. The highest BCUT2D eigenvalue weighted by molar-refractivity contribution is 4.59. The standard InChI is InChI=1S/C6H15NO/c1-5(4-7)6(2)8-3/h5-6H,4,7H2,1-3H3/t5-,6-/m1/s1. The molecule has 0 aromatic heterocycles. The average molecular weight is 117 g/mol. The predicted octanol–water partition coefficient (Wildman–Crippen LogP) is 0.616. The third-order valence-electron chi connectivity index (χ3n) is 1.54. The molecule has 0 aromatic rings. The van der Waals surface area contributed by atoms with Gasteiger partial charge in [0.2, 0.25) is 0 Å². The van der Waals surface area contributed by atoms with Crippen LogP contribution in [-0.4, -0.2) is 19.8 Å². The van der Waals surface area contributed by atoms with E-state index < -0.39 is 0 Å². The molecule has 0 fully saturated rings. The Kier molecular flexibility index (Phi) is 3.83. The molecule has 2 N–H and O–H groups in total. The number of hydrogen-bond donors (Lipinski definition) is 1. The lowest BCUT2D eigenvalue weighted by Crippen LogP contribution is -2.23. The molecule has 0 aliphatic rings.